The minimum Gasteiger partial charge on any atom is -0.342 e. The Morgan fingerprint density at radius 1 is 1.17 bits per heavy atom. The van der Waals surface area contributed by atoms with E-state index in [2.05, 4.69) is 10.4 Å². The smallest absolute Gasteiger partial charge is 0.236 e. The van der Waals surface area contributed by atoms with Gasteiger partial charge in [0.15, 0.2) is 0 Å². The first-order valence-electron chi connectivity index (χ1n) is 8.00. The Kier molecular flexibility index (Phi) is 5.31. The summed E-state index contributed by atoms with van der Waals surface area (Å²) in [5.74, 6) is 0.190. The first-order chi connectivity index (χ1) is 11.2. The van der Waals surface area contributed by atoms with Crippen LogP contribution in [0.1, 0.15) is 24.8 Å². The molecular weight excluding hydrogens is 312 g/mol. The lowest BCUT2D eigenvalue weighted by atomic mass is 10.1. The molecular formula is C17H21ClN4O. The third-order valence-electron chi connectivity index (χ3n) is 4.04. The lowest BCUT2D eigenvalue weighted by Gasteiger charge is -2.26. The van der Waals surface area contributed by atoms with Crippen molar-refractivity contribution in [3.8, 4) is 5.69 Å². The van der Waals surface area contributed by atoms with E-state index in [0.29, 0.717) is 18.1 Å². The highest BCUT2D eigenvalue weighted by molar-refractivity contribution is 6.30. The topological polar surface area (TPSA) is 50.2 Å². The van der Waals surface area contributed by atoms with Crippen LogP contribution in [0.5, 0.6) is 0 Å². The number of carbonyl (C=O) groups is 1. The van der Waals surface area contributed by atoms with Gasteiger partial charge in [-0.2, -0.15) is 5.10 Å². The number of nitrogens with one attached hydrogen (secondary N) is 1. The van der Waals surface area contributed by atoms with E-state index < -0.39 is 0 Å². The molecule has 0 unspecified atom stereocenters. The number of halogens is 1. The van der Waals surface area contributed by atoms with Crippen molar-refractivity contribution in [3.63, 3.8) is 0 Å². The Morgan fingerprint density at radius 2 is 1.91 bits per heavy atom. The van der Waals surface area contributed by atoms with Crippen molar-refractivity contribution in [2.45, 2.75) is 25.8 Å². The second-order valence-electron chi connectivity index (χ2n) is 5.81. The molecule has 1 aliphatic heterocycles. The maximum atomic E-state index is 12.1. The minimum absolute atomic E-state index is 0.190. The molecule has 0 atom stereocenters. The van der Waals surface area contributed by atoms with Crippen LogP contribution in [0.3, 0.4) is 0 Å². The molecule has 1 fully saturated rings. The summed E-state index contributed by atoms with van der Waals surface area (Å²) in [6, 6.07) is 7.53. The number of aromatic nitrogens is 2. The zero-order valence-corrected chi connectivity index (χ0v) is 13.8. The number of amides is 1. The molecule has 0 bridgehead atoms. The van der Waals surface area contributed by atoms with E-state index in [-0.39, 0.29) is 5.91 Å². The van der Waals surface area contributed by atoms with E-state index in [0.717, 1.165) is 37.2 Å². The highest BCUT2D eigenvalue weighted by Gasteiger charge is 2.15. The number of piperidine rings is 1. The fourth-order valence-corrected chi connectivity index (χ4v) is 2.88. The molecule has 1 aromatic carbocycles. The van der Waals surface area contributed by atoms with Crippen LogP contribution >= 0.6 is 11.6 Å². The van der Waals surface area contributed by atoms with Gasteiger partial charge in [0.25, 0.3) is 0 Å². The maximum absolute atomic E-state index is 12.1. The molecule has 3 rings (SSSR count). The molecule has 0 aliphatic carbocycles. The van der Waals surface area contributed by atoms with Gasteiger partial charge >= 0.3 is 0 Å². The van der Waals surface area contributed by atoms with Gasteiger partial charge in [-0.05, 0) is 43.5 Å². The molecule has 1 saturated heterocycles. The summed E-state index contributed by atoms with van der Waals surface area (Å²) in [4.78, 5) is 14.0. The van der Waals surface area contributed by atoms with Crippen molar-refractivity contribution in [2.75, 3.05) is 19.6 Å². The average molecular weight is 333 g/mol. The second kappa shape index (κ2) is 7.62. The van der Waals surface area contributed by atoms with Crippen LogP contribution in [0, 0.1) is 0 Å². The SMILES string of the molecule is O=C(CNCc1cnn(-c2ccc(Cl)cc2)c1)N1CCCCC1. The predicted octanol–water partition coefficient (Wildman–Crippen LogP) is 2.63. The Balaban J connectivity index is 1.49. The Bertz CT molecular complexity index is 647. The first kappa shape index (κ1) is 16.0. The molecule has 6 heteroatoms. The molecule has 0 radical (unpaired) electrons. The molecule has 5 nitrogen and oxygen atoms in total. The Labute approximate surface area is 141 Å². The number of hydrogen-bond acceptors (Lipinski definition) is 3. The fraction of sp³-hybridized carbons (Fsp3) is 0.412. The van der Waals surface area contributed by atoms with E-state index in [4.69, 9.17) is 11.6 Å². The zero-order chi connectivity index (χ0) is 16.1. The van der Waals surface area contributed by atoms with Crippen molar-refractivity contribution in [1.29, 1.82) is 0 Å². The second-order valence-corrected chi connectivity index (χ2v) is 6.25. The normalized spacial score (nSPS) is 14.9. The molecule has 1 amide bonds. The van der Waals surface area contributed by atoms with Gasteiger partial charge in [-0.25, -0.2) is 4.68 Å². The van der Waals surface area contributed by atoms with Crippen molar-refractivity contribution in [1.82, 2.24) is 20.0 Å². The molecule has 1 N–H and O–H groups in total. The molecule has 122 valence electrons. The number of benzene rings is 1. The van der Waals surface area contributed by atoms with Crippen LogP contribution in [0.2, 0.25) is 5.02 Å². The molecule has 1 aromatic heterocycles. The molecule has 0 spiro atoms. The molecule has 23 heavy (non-hydrogen) atoms. The van der Waals surface area contributed by atoms with Crippen LogP contribution in [0.25, 0.3) is 5.69 Å². The number of carbonyl (C=O) groups excluding carboxylic acids is 1. The van der Waals surface area contributed by atoms with E-state index in [9.17, 15) is 4.79 Å². The van der Waals surface area contributed by atoms with Crippen molar-refractivity contribution in [3.05, 3.63) is 47.2 Å². The minimum atomic E-state index is 0.190. The lowest BCUT2D eigenvalue weighted by molar-refractivity contribution is -0.131. The van der Waals surface area contributed by atoms with Gasteiger partial charge in [0.05, 0.1) is 18.4 Å². The average Bonchev–Trinajstić information content (AvgIpc) is 3.05. The van der Waals surface area contributed by atoms with Crippen LogP contribution in [-0.4, -0.2) is 40.2 Å². The van der Waals surface area contributed by atoms with Crippen LogP contribution < -0.4 is 5.32 Å². The summed E-state index contributed by atoms with van der Waals surface area (Å²) in [7, 11) is 0. The Morgan fingerprint density at radius 3 is 2.65 bits per heavy atom. The van der Waals surface area contributed by atoms with E-state index >= 15 is 0 Å². The third-order valence-corrected chi connectivity index (χ3v) is 4.29. The fourth-order valence-electron chi connectivity index (χ4n) is 2.76. The monoisotopic (exact) mass is 332 g/mol. The van der Waals surface area contributed by atoms with Gasteiger partial charge in [-0.3, -0.25) is 4.79 Å². The van der Waals surface area contributed by atoms with Gasteiger partial charge in [-0.1, -0.05) is 11.6 Å². The number of likely N-dealkylation sites (tertiary alicyclic amines) is 1. The van der Waals surface area contributed by atoms with Crippen molar-refractivity contribution < 1.29 is 4.79 Å². The largest absolute Gasteiger partial charge is 0.342 e. The Hall–Kier alpha value is -1.85. The van der Waals surface area contributed by atoms with Crippen molar-refractivity contribution in [2.24, 2.45) is 0 Å². The number of nitrogens with zero attached hydrogens (tertiary/aromatic N) is 3. The van der Waals surface area contributed by atoms with Crippen LogP contribution in [0.15, 0.2) is 36.7 Å². The number of rotatable bonds is 5. The maximum Gasteiger partial charge on any atom is 0.236 e. The molecule has 0 saturated carbocycles. The third kappa shape index (κ3) is 4.33. The number of hydrogen-bond donors (Lipinski definition) is 1. The van der Waals surface area contributed by atoms with Gasteiger partial charge in [0, 0.05) is 36.4 Å². The van der Waals surface area contributed by atoms with E-state index in [1.165, 1.54) is 6.42 Å². The predicted molar refractivity (Wildman–Crippen MR) is 90.7 cm³/mol. The summed E-state index contributed by atoms with van der Waals surface area (Å²) in [6.07, 6.45) is 7.26. The summed E-state index contributed by atoms with van der Waals surface area (Å²) in [5, 5.41) is 8.26. The summed E-state index contributed by atoms with van der Waals surface area (Å²) >= 11 is 5.89. The quantitative estimate of drug-likeness (QED) is 0.915. The lowest BCUT2D eigenvalue weighted by Crippen LogP contribution is -2.40. The summed E-state index contributed by atoms with van der Waals surface area (Å²) < 4.78 is 1.81. The highest BCUT2D eigenvalue weighted by atomic mass is 35.5. The van der Waals surface area contributed by atoms with Gasteiger partial charge < -0.3 is 10.2 Å². The van der Waals surface area contributed by atoms with Crippen LogP contribution in [0.4, 0.5) is 0 Å². The van der Waals surface area contributed by atoms with Crippen LogP contribution in [-0.2, 0) is 11.3 Å². The standard InChI is InChI=1S/C17H21ClN4O/c18-15-4-6-16(7-5-15)22-13-14(11-20-22)10-19-12-17(23)21-8-2-1-3-9-21/h4-7,11,13,19H,1-3,8-10,12H2. The molecule has 1 aliphatic rings. The summed E-state index contributed by atoms with van der Waals surface area (Å²) in [5.41, 5.74) is 2.01. The van der Waals surface area contributed by atoms with Crippen molar-refractivity contribution >= 4 is 17.5 Å². The van der Waals surface area contributed by atoms with E-state index in [1.54, 1.807) is 4.68 Å². The highest BCUT2D eigenvalue weighted by Crippen LogP contribution is 2.13. The zero-order valence-electron chi connectivity index (χ0n) is 13.0. The summed E-state index contributed by atoms with van der Waals surface area (Å²) in [6.45, 7) is 2.81. The first-order valence-corrected chi connectivity index (χ1v) is 8.38. The van der Waals surface area contributed by atoms with Gasteiger partial charge in [0.1, 0.15) is 0 Å². The van der Waals surface area contributed by atoms with Gasteiger partial charge in [-0.15, -0.1) is 0 Å². The van der Waals surface area contributed by atoms with E-state index in [1.807, 2.05) is 41.6 Å². The van der Waals surface area contributed by atoms with Gasteiger partial charge in [0.2, 0.25) is 5.91 Å². The molecule has 2 aromatic rings. The molecule has 2 heterocycles.